The Morgan fingerprint density at radius 3 is 2.86 bits per heavy atom. The highest BCUT2D eigenvalue weighted by Gasteiger charge is 2.35. The zero-order valence-electron chi connectivity index (χ0n) is 7.21. The zero-order chi connectivity index (χ0) is 10.3. The molecule has 1 amide bonds. The molecule has 0 bridgehead atoms. The van der Waals surface area contributed by atoms with Crippen molar-refractivity contribution < 1.29 is 9.18 Å². The normalized spacial score (nSPS) is 20.9. The summed E-state index contributed by atoms with van der Waals surface area (Å²) in [6, 6.07) is 3.58. The van der Waals surface area contributed by atoms with E-state index in [0.717, 1.165) is 0 Å². The molecule has 0 aliphatic carbocycles. The maximum atomic E-state index is 13.2. The number of hydrogen-bond acceptors (Lipinski definition) is 2. The second-order valence-corrected chi connectivity index (χ2v) is 3.59. The van der Waals surface area contributed by atoms with Crippen molar-refractivity contribution in [3.05, 3.63) is 29.0 Å². The molecule has 1 aliphatic rings. The van der Waals surface area contributed by atoms with Gasteiger partial charge in [-0.25, -0.2) is 4.39 Å². The van der Waals surface area contributed by atoms with Crippen molar-refractivity contribution in [3.63, 3.8) is 0 Å². The molecule has 1 unspecified atom stereocenters. The maximum Gasteiger partial charge on any atom is 0.245 e. The molecule has 1 aromatic rings. The molecule has 1 aliphatic heterocycles. The minimum absolute atomic E-state index is 0.198. The maximum absolute atomic E-state index is 13.2. The number of rotatable bonds is 1. The van der Waals surface area contributed by atoms with Crippen LogP contribution in [-0.2, 0) is 4.79 Å². The summed E-state index contributed by atoms with van der Waals surface area (Å²) in [4.78, 5) is 12.5. The molecule has 74 valence electrons. The van der Waals surface area contributed by atoms with E-state index in [-0.39, 0.29) is 11.6 Å². The summed E-state index contributed by atoms with van der Waals surface area (Å²) in [5.41, 5.74) is 5.59. The third-order valence-corrected chi connectivity index (χ3v) is 2.40. The molecule has 0 aromatic heterocycles. The molecule has 1 aromatic carbocycles. The highest BCUT2D eigenvalue weighted by molar-refractivity contribution is 6.31. The highest BCUT2D eigenvalue weighted by atomic mass is 35.5. The van der Waals surface area contributed by atoms with Crippen molar-refractivity contribution in [2.45, 2.75) is 6.04 Å². The lowest BCUT2D eigenvalue weighted by Gasteiger charge is -2.36. The molecule has 0 spiro atoms. The summed E-state index contributed by atoms with van der Waals surface area (Å²) in [6.45, 7) is 0.343. The number of hydrogen-bond donors (Lipinski definition) is 1. The van der Waals surface area contributed by atoms with Crippen molar-refractivity contribution in [1.82, 2.24) is 0 Å². The van der Waals surface area contributed by atoms with E-state index in [0.29, 0.717) is 11.6 Å². The van der Waals surface area contributed by atoms with Crippen LogP contribution < -0.4 is 10.6 Å². The predicted molar refractivity (Wildman–Crippen MR) is 51.7 cm³/mol. The lowest BCUT2D eigenvalue weighted by atomic mass is 10.1. The van der Waals surface area contributed by atoms with Crippen LogP contribution in [0.5, 0.6) is 0 Å². The fourth-order valence-electron chi connectivity index (χ4n) is 1.36. The van der Waals surface area contributed by atoms with E-state index >= 15 is 0 Å². The van der Waals surface area contributed by atoms with Gasteiger partial charge in [-0.1, -0.05) is 11.6 Å². The van der Waals surface area contributed by atoms with Crippen LogP contribution in [0.15, 0.2) is 18.2 Å². The van der Waals surface area contributed by atoms with Gasteiger partial charge in [0.25, 0.3) is 0 Å². The van der Waals surface area contributed by atoms with Crippen molar-refractivity contribution in [1.29, 1.82) is 0 Å². The Labute approximate surface area is 85.3 Å². The van der Waals surface area contributed by atoms with Crippen molar-refractivity contribution in [2.75, 3.05) is 11.4 Å². The van der Waals surface area contributed by atoms with Gasteiger partial charge in [0.15, 0.2) is 0 Å². The summed E-state index contributed by atoms with van der Waals surface area (Å²) < 4.78 is 13.2. The molecule has 5 heteroatoms. The third-order valence-electron chi connectivity index (χ3n) is 2.16. The zero-order valence-corrected chi connectivity index (χ0v) is 7.96. The van der Waals surface area contributed by atoms with Gasteiger partial charge in [-0.15, -0.1) is 0 Å². The molecule has 3 nitrogen and oxygen atoms in total. The van der Waals surface area contributed by atoms with Crippen LogP contribution in [0.4, 0.5) is 10.1 Å². The first-order chi connectivity index (χ1) is 6.59. The molecule has 1 saturated heterocycles. The number of carbonyl (C=O) groups is 1. The van der Waals surface area contributed by atoms with Crippen LogP contribution in [0, 0.1) is 5.82 Å². The van der Waals surface area contributed by atoms with Gasteiger partial charge in [-0.3, -0.25) is 4.79 Å². The highest BCUT2D eigenvalue weighted by Crippen LogP contribution is 2.27. The molecule has 1 heterocycles. The number of carbonyl (C=O) groups excluding carboxylic acids is 1. The van der Waals surface area contributed by atoms with Crippen LogP contribution >= 0.6 is 11.6 Å². The van der Waals surface area contributed by atoms with E-state index in [4.69, 9.17) is 17.3 Å². The van der Waals surface area contributed by atoms with Gasteiger partial charge in [-0.2, -0.15) is 0 Å². The quantitative estimate of drug-likeness (QED) is 0.713. The molecule has 1 fully saturated rings. The second-order valence-electron chi connectivity index (χ2n) is 3.15. The van der Waals surface area contributed by atoms with Crippen LogP contribution in [-0.4, -0.2) is 18.5 Å². The van der Waals surface area contributed by atoms with Crippen molar-refractivity contribution >= 4 is 23.2 Å². The first kappa shape index (κ1) is 9.43. The van der Waals surface area contributed by atoms with E-state index in [9.17, 15) is 9.18 Å². The lowest BCUT2D eigenvalue weighted by Crippen LogP contribution is -2.61. The molecule has 14 heavy (non-hydrogen) atoms. The number of benzene rings is 1. The Kier molecular flexibility index (Phi) is 2.17. The molecule has 0 saturated carbocycles. The van der Waals surface area contributed by atoms with E-state index in [1.54, 1.807) is 0 Å². The van der Waals surface area contributed by atoms with E-state index in [1.165, 1.54) is 23.1 Å². The summed E-state index contributed by atoms with van der Waals surface area (Å²) in [5, 5.41) is 0.398. The van der Waals surface area contributed by atoms with Gasteiger partial charge in [-0.05, 0) is 18.2 Å². The van der Waals surface area contributed by atoms with Gasteiger partial charge in [0.2, 0.25) is 5.91 Å². The van der Waals surface area contributed by atoms with Gasteiger partial charge in [0, 0.05) is 5.02 Å². The number of anilines is 1. The van der Waals surface area contributed by atoms with E-state index in [1.807, 2.05) is 0 Å². The van der Waals surface area contributed by atoms with Crippen molar-refractivity contribution in [2.24, 2.45) is 5.73 Å². The summed E-state index contributed by atoms with van der Waals surface area (Å²) in [6.07, 6.45) is 0. The number of nitrogens with zero attached hydrogens (tertiary/aromatic N) is 1. The Hall–Kier alpha value is -1.13. The fraction of sp³-hybridized carbons (Fsp3) is 0.222. The van der Waals surface area contributed by atoms with Gasteiger partial charge >= 0.3 is 0 Å². The molecule has 1 atom stereocenters. The van der Waals surface area contributed by atoms with Crippen molar-refractivity contribution in [3.8, 4) is 0 Å². The van der Waals surface area contributed by atoms with Crippen LogP contribution in [0.2, 0.25) is 5.02 Å². The Morgan fingerprint density at radius 1 is 1.57 bits per heavy atom. The SMILES string of the molecule is NC1CN(c2cc(Cl)ccc2F)C1=O. The second kappa shape index (κ2) is 3.22. The Balaban J connectivity index is 2.33. The summed E-state index contributed by atoms with van der Waals surface area (Å²) in [7, 11) is 0. The van der Waals surface area contributed by atoms with Gasteiger partial charge < -0.3 is 10.6 Å². The minimum atomic E-state index is -0.506. The smallest absolute Gasteiger partial charge is 0.245 e. The molecule has 2 N–H and O–H groups in total. The average molecular weight is 215 g/mol. The summed E-state index contributed by atoms with van der Waals surface area (Å²) >= 11 is 5.69. The topological polar surface area (TPSA) is 46.3 Å². The molecular weight excluding hydrogens is 207 g/mol. The Morgan fingerprint density at radius 2 is 2.29 bits per heavy atom. The summed E-state index contributed by atoms with van der Waals surface area (Å²) in [5.74, 6) is -0.735. The predicted octanol–water partition coefficient (Wildman–Crippen LogP) is 1.15. The van der Waals surface area contributed by atoms with Gasteiger partial charge in [0.05, 0.1) is 12.2 Å². The lowest BCUT2D eigenvalue weighted by molar-refractivity contribution is -0.123. The standard InChI is InChI=1S/C9H8ClFN2O/c10-5-1-2-6(11)8(3-5)13-4-7(12)9(13)14/h1-3,7H,4,12H2. The van der Waals surface area contributed by atoms with E-state index in [2.05, 4.69) is 0 Å². The van der Waals surface area contributed by atoms with Crippen LogP contribution in [0.1, 0.15) is 0 Å². The number of amides is 1. The minimum Gasteiger partial charge on any atom is -0.318 e. The monoisotopic (exact) mass is 214 g/mol. The number of halogens is 2. The average Bonchev–Trinajstić information content (AvgIpc) is 2.18. The van der Waals surface area contributed by atoms with Crippen LogP contribution in [0.25, 0.3) is 0 Å². The van der Waals surface area contributed by atoms with Gasteiger partial charge in [0.1, 0.15) is 11.9 Å². The molecule has 2 rings (SSSR count). The van der Waals surface area contributed by atoms with E-state index < -0.39 is 11.9 Å². The Bertz CT molecular complexity index is 396. The molecular formula is C9H8ClFN2O. The fourth-order valence-corrected chi connectivity index (χ4v) is 1.53. The number of β-lactam (4-membered cyclic amide) rings is 1. The largest absolute Gasteiger partial charge is 0.318 e. The van der Waals surface area contributed by atoms with Crippen LogP contribution in [0.3, 0.4) is 0 Å². The first-order valence-electron chi connectivity index (χ1n) is 4.11. The first-order valence-corrected chi connectivity index (χ1v) is 4.49. The third kappa shape index (κ3) is 1.36. The number of nitrogens with two attached hydrogens (primary N) is 1. The molecule has 0 radical (unpaired) electrons.